The predicted molar refractivity (Wildman–Crippen MR) is 83.0 cm³/mol. The molecule has 0 fully saturated rings. The van der Waals surface area contributed by atoms with E-state index >= 15 is 0 Å². The van der Waals surface area contributed by atoms with Gasteiger partial charge < -0.3 is 14.2 Å². The van der Waals surface area contributed by atoms with Crippen molar-refractivity contribution in [1.82, 2.24) is 0 Å². The van der Waals surface area contributed by atoms with Gasteiger partial charge in [0.2, 0.25) is 5.78 Å². The second-order valence-corrected chi connectivity index (χ2v) is 5.28. The lowest BCUT2D eigenvalue weighted by atomic mass is 10.1. The third kappa shape index (κ3) is 3.37. The fraction of sp³-hybridized carbons (Fsp3) is 0.222. The van der Waals surface area contributed by atoms with E-state index in [2.05, 4.69) is 0 Å². The summed E-state index contributed by atoms with van der Waals surface area (Å²) in [6.45, 7) is 2.34. The zero-order chi connectivity index (χ0) is 17.1. The van der Waals surface area contributed by atoms with Crippen LogP contribution < -0.4 is 9.47 Å². The molecule has 24 heavy (non-hydrogen) atoms. The Hall–Kier alpha value is -2.89. The highest BCUT2D eigenvalue weighted by Gasteiger charge is 2.22. The molecule has 1 aliphatic heterocycles. The van der Waals surface area contributed by atoms with Crippen molar-refractivity contribution in [3.05, 3.63) is 59.4 Å². The summed E-state index contributed by atoms with van der Waals surface area (Å²) in [6, 6.07) is 9.76. The second-order valence-electron chi connectivity index (χ2n) is 5.28. The number of ketones is 1. The van der Waals surface area contributed by atoms with Crippen LogP contribution in [0.5, 0.6) is 11.5 Å². The van der Waals surface area contributed by atoms with Gasteiger partial charge in [-0.2, -0.15) is 0 Å². The van der Waals surface area contributed by atoms with Crippen LogP contribution in [0.2, 0.25) is 0 Å². The Balaban J connectivity index is 1.69. The Morgan fingerprint density at radius 3 is 2.33 bits per heavy atom. The third-order valence-corrected chi connectivity index (χ3v) is 3.56. The molecule has 2 aromatic rings. The molecule has 0 aromatic heterocycles. The summed E-state index contributed by atoms with van der Waals surface area (Å²) >= 11 is 0. The molecule has 6 heteroatoms. The van der Waals surface area contributed by atoms with Crippen LogP contribution in [-0.2, 0) is 4.74 Å². The van der Waals surface area contributed by atoms with E-state index in [9.17, 15) is 14.0 Å². The zero-order valence-electron chi connectivity index (χ0n) is 13.0. The van der Waals surface area contributed by atoms with Crippen LogP contribution in [0.4, 0.5) is 4.39 Å². The number of carbonyl (C=O) groups excluding carboxylic acids is 2. The lowest BCUT2D eigenvalue weighted by Gasteiger charge is -2.19. The Morgan fingerprint density at radius 1 is 1.00 bits per heavy atom. The van der Waals surface area contributed by atoms with Crippen LogP contribution in [0.3, 0.4) is 0 Å². The average molecular weight is 330 g/mol. The van der Waals surface area contributed by atoms with Gasteiger partial charge in [-0.05, 0) is 49.4 Å². The molecule has 0 saturated heterocycles. The second kappa shape index (κ2) is 6.70. The first-order chi connectivity index (χ1) is 11.5. The highest BCUT2D eigenvalue weighted by atomic mass is 19.1. The van der Waals surface area contributed by atoms with Gasteiger partial charge in [0.15, 0.2) is 17.6 Å². The van der Waals surface area contributed by atoms with E-state index in [1.54, 1.807) is 12.1 Å². The van der Waals surface area contributed by atoms with Gasteiger partial charge >= 0.3 is 5.97 Å². The number of halogens is 1. The molecule has 0 spiro atoms. The Kier molecular flexibility index (Phi) is 4.46. The molecule has 124 valence electrons. The molecule has 0 amide bonds. The quantitative estimate of drug-likeness (QED) is 0.637. The largest absolute Gasteiger partial charge is 0.486 e. The number of ether oxygens (including phenoxy) is 3. The van der Waals surface area contributed by atoms with Crippen molar-refractivity contribution in [2.75, 3.05) is 13.2 Å². The van der Waals surface area contributed by atoms with Gasteiger partial charge in [0.1, 0.15) is 19.0 Å². The fourth-order valence-electron chi connectivity index (χ4n) is 2.30. The van der Waals surface area contributed by atoms with Crippen molar-refractivity contribution in [2.24, 2.45) is 0 Å². The van der Waals surface area contributed by atoms with Crippen molar-refractivity contribution in [3.8, 4) is 11.5 Å². The predicted octanol–water partition coefficient (Wildman–Crippen LogP) is 3.03. The van der Waals surface area contributed by atoms with Crippen LogP contribution in [-0.4, -0.2) is 31.1 Å². The maximum atomic E-state index is 12.9. The molecule has 1 heterocycles. The van der Waals surface area contributed by atoms with Crippen LogP contribution in [0.25, 0.3) is 0 Å². The third-order valence-electron chi connectivity index (χ3n) is 3.56. The van der Waals surface area contributed by atoms with Gasteiger partial charge in [-0.3, -0.25) is 4.79 Å². The van der Waals surface area contributed by atoms with Crippen molar-refractivity contribution in [3.63, 3.8) is 0 Å². The van der Waals surface area contributed by atoms with Crippen molar-refractivity contribution < 1.29 is 28.2 Å². The number of rotatable bonds is 4. The number of fused-ring (bicyclic) bond motifs is 1. The smallest absolute Gasteiger partial charge is 0.338 e. The summed E-state index contributed by atoms with van der Waals surface area (Å²) in [5.74, 6) is -0.454. The van der Waals surface area contributed by atoms with Crippen LogP contribution >= 0.6 is 0 Å². The molecule has 0 N–H and O–H groups in total. The van der Waals surface area contributed by atoms with E-state index in [1.165, 1.54) is 37.3 Å². The normalized spacial score (nSPS) is 13.9. The molecule has 1 atom stereocenters. The Morgan fingerprint density at radius 2 is 1.62 bits per heavy atom. The van der Waals surface area contributed by atoms with Crippen molar-refractivity contribution >= 4 is 11.8 Å². The monoisotopic (exact) mass is 330 g/mol. The summed E-state index contributed by atoms with van der Waals surface area (Å²) in [5.41, 5.74) is 0.539. The van der Waals surface area contributed by atoms with E-state index in [0.717, 1.165) is 0 Å². The van der Waals surface area contributed by atoms with Gasteiger partial charge in [-0.15, -0.1) is 0 Å². The van der Waals surface area contributed by atoms with Crippen LogP contribution in [0.15, 0.2) is 42.5 Å². The maximum absolute atomic E-state index is 12.9. The Labute approximate surface area is 138 Å². The average Bonchev–Trinajstić information content (AvgIpc) is 2.61. The minimum atomic E-state index is -0.990. The van der Waals surface area contributed by atoms with Gasteiger partial charge in [-0.25, -0.2) is 9.18 Å². The summed E-state index contributed by atoms with van der Waals surface area (Å²) in [6.07, 6.45) is -0.990. The molecule has 0 radical (unpaired) electrons. The number of Topliss-reactive ketones (excluding diaryl/α,β-unsaturated/α-hetero) is 1. The first-order valence-corrected chi connectivity index (χ1v) is 7.45. The highest BCUT2D eigenvalue weighted by Crippen LogP contribution is 2.31. The summed E-state index contributed by atoms with van der Waals surface area (Å²) in [7, 11) is 0. The molecule has 3 rings (SSSR count). The van der Waals surface area contributed by atoms with E-state index in [1.807, 2.05) is 0 Å². The molecule has 0 aliphatic carbocycles. The molecule has 5 nitrogen and oxygen atoms in total. The fourth-order valence-corrected chi connectivity index (χ4v) is 2.30. The number of carbonyl (C=O) groups is 2. The first kappa shape index (κ1) is 16.0. The number of esters is 1. The molecular weight excluding hydrogens is 315 g/mol. The summed E-state index contributed by atoms with van der Waals surface area (Å²) < 4.78 is 28.9. The topological polar surface area (TPSA) is 61.8 Å². The van der Waals surface area contributed by atoms with Crippen LogP contribution in [0.1, 0.15) is 27.6 Å². The van der Waals surface area contributed by atoms with E-state index in [4.69, 9.17) is 14.2 Å². The molecule has 1 aliphatic rings. The van der Waals surface area contributed by atoms with Crippen molar-refractivity contribution in [2.45, 2.75) is 13.0 Å². The number of hydrogen-bond acceptors (Lipinski definition) is 5. The molecular formula is C18H15FO5. The van der Waals surface area contributed by atoms with E-state index in [-0.39, 0.29) is 11.1 Å². The minimum Gasteiger partial charge on any atom is -0.486 e. The Bertz CT molecular complexity index is 769. The summed E-state index contributed by atoms with van der Waals surface area (Å²) in [5, 5.41) is 0. The molecule has 0 bridgehead atoms. The zero-order valence-corrected chi connectivity index (χ0v) is 13.0. The van der Waals surface area contributed by atoms with Gasteiger partial charge in [0, 0.05) is 5.56 Å². The SMILES string of the molecule is C[C@@H](OC(=O)c1ccc2c(c1)OCCO2)C(=O)c1ccc(F)cc1. The van der Waals surface area contributed by atoms with E-state index < -0.39 is 23.7 Å². The van der Waals surface area contributed by atoms with Crippen LogP contribution in [0, 0.1) is 5.82 Å². The lowest BCUT2D eigenvalue weighted by Crippen LogP contribution is -2.24. The van der Waals surface area contributed by atoms with Crippen molar-refractivity contribution in [1.29, 1.82) is 0 Å². The van der Waals surface area contributed by atoms with Gasteiger partial charge in [0.25, 0.3) is 0 Å². The molecule has 0 unspecified atom stereocenters. The van der Waals surface area contributed by atoms with Gasteiger partial charge in [0.05, 0.1) is 5.56 Å². The summed E-state index contributed by atoms with van der Waals surface area (Å²) in [4.78, 5) is 24.4. The number of hydrogen-bond donors (Lipinski definition) is 0. The number of benzene rings is 2. The standard InChI is InChI=1S/C18H15FO5/c1-11(17(20)12-2-5-14(19)6-3-12)24-18(21)13-4-7-15-16(10-13)23-9-8-22-15/h2-7,10-11H,8-9H2,1H3/t11-/m1/s1. The molecule has 2 aromatic carbocycles. The minimum absolute atomic E-state index is 0.262. The first-order valence-electron chi connectivity index (χ1n) is 7.45. The lowest BCUT2D eigenvalue weighted by molar-refractivity contribution is 0.0318. The molecule has 0 saturated carbocycles. The highest BCUT2D eigenvalue weighted by molar-refractivity contribution is 6.01. The van der Waals surface area contributed by atoms with Gasteiger partial charge in [-0.1, -0.05) is 0 Å². The maximum Gasteiger partial charge on any atom is 0.338 e. The van der Waals surface area contributed by atoms with E-state index in [0.29, 0.717) is 24.7 Å².